The molecule has 0 radical (unpaired) electrons. The van der Waals surface area contributed by atoms with Gasteiger partial charge in [-0.15, -0.1) is 0 Å². The van der Waals surface area contributed by atoms with Gasteiger partial charge in [0, 0.05) is 30.1 Å². The Balaban J connectivity index is 1.96. The molecule has 4 heteroatoms. The van der Waals surface area contributed by atoms with E-state index in [1.54, 1.807) is 0 Å². The van der Waals surface area contributed by atoms with Crippen molar-refractivity contribution in [2.24, 2.45) is 5.92 Å². The third-order valence-electron chi connectivity index (χ3n) is 3.82. The highest BCUT2D eigenvalue weighted by Crippen LogP contribution is 2.33. The summed E-state index contributed by atoms with van der Waals surface area (Å²) in [5.74, 6) is 2.34. The highest BCUT2D eigenvalue weighted by atomic mass is 32.2. The van der Waals surface area contributed by atoms with E-state index in [1.807, 2.05) is 11.8 Å². The van der Waals surface area contributed by atoms with E-state index >= 15 is 0 Å². The van der Waals surface area contributed by atoms with Gasteiger partial charge in [0.05, 0.1) is 6.42 Å². The molecule has 2 aliphatic rings. The molecule has 0 aromatic heterocycles. The summed E-state index contributed by atoms with van der Waals surface area (Å²) in [6, 6.07) is 0.923. The van der Waals surface area contributed by atoms with E-state index < -0.39 is 5.97 Å². The van der Waals surface area contributed by atoms with Gasteiger partial charge >= 0.3 is 5.97 Å². The second-order valence-electron chi connectivity index (χ2n) is 5.14. The van der Waals surface area contributed by atoms with Gasteiger partial charge < -0.3 is 5.11 Å². The van der Waals surface area contributed by atoms with Crippen LogP contribution >= 0.6 is 11.8 Å². The summed E-state index contributed by atoms with van der Waals surface area (Å²) in [4.78, 5) is 13.3. The minimum absolute atomic E-state index is 0.270. The van der Waals surface area contributed by atoms with Crippen LogP contribution in [0, 0.1) is 5.92 Å². The van der Waals surface area contributed by atoms with Crippen molar-refractivity contribution in [1.82, 2.24) is 4.90 Å². The highest BCUT2D eigenvalue weighted by molar-refractivity contribution is 7.99. The summed E-state index contributed by atoms with van der Waals surface area (Å²) in [7, 11) is 0. The van der Waals surface area contributed by atoms with E-state index in [4.69, 9.17) is 5.11 Å². The van der Waals surface area contributed by atoms with Crippen LogP contribution in [0.2, 0.25) is 0 Å². The molecule has 3 atom stereocenters. The molecule has 92 valence electrons. The Hall–Kier alpha value is -0.220. The van der Waals surface area contributed by atoms with Crippen LogP contribution in [0.15, 0.2) is 0 Å². The molecule has 1 N–H and O–H groups in total. The van der Waals surface area contributed by atoms with Gasteiger partial charge in [-0.3, -0.25) is 9.69 Å². The van der Waals surface area contributed by atoms with Gasteiger partial charge in [0.25, 0.3) is 0 Å². The van der Waals surface area contributed by atoms with Crippen molar-refractivity contribution in [3.8, 4) is 0 Å². The number of hydrogen-bond acceptors (Lipinski definition) is 3. The average Bonchev–Trinajstić information content (AvgIpc) is 2.65. The first-order valence-electron chi connectivity index (χ1n) is 6.22. The summed E-state index contributed by atoms with van der Waals surface area (Å²) in [6.45, 7) is 3.39. The second-order valence-corrected chi connectivity index (χ2v) is 6.29. The SMILES string of the molecule is CC1CCC(N2CCSCC2CC(=O)O)C1. The first-order chi connectivity index (χ1) is 7.66. The van der Waals surface area contributed by atoms with Crippen molar-refractivity contribution in [3.05, 3.63) is 0 Å². The lowest BCUT2D eigenvalue weighted by Gasteiger charge is -2.39. The average molecular weight is 243 g/mol. The molecule has 1 aliphatic carbocycles. The maximum atomic E-state index is 10.9. The second kappa shape index (κ2) is 5.41. The van der Waals surface area contributed by atoms with Gasteiger partial charge in [-0.1, -0.05) is 6.92 Å². The fraction of sp³-hybridized carbons (Fsp3) is 0.917. The lowest BCUT2D eigenvalue weighted by atomic mass is 10.1. The normalized spacial score (nSPS) is 36.4. The van der Waals surface area contributed by atoms with Crippen molar-refractivity contribution in [2.45, 2.75) is 44.7 Å². The molecular weight excluding hydrogens is 222 g/mol. The number of carboxylic acids is 1. The fourth-order valence-corrected chi connectivity index (χ4v) is 4.09. The first-order valence-corrected chi connectivity index (χ1v) is 7.37. The Morgan fingerprint density at radius 2 is 2.31 bits per heavy atom. The predicted molar refractivity (Wildman–Crippen MR) is 66.9 cm³/mol. The van der Waals surface area contributed by atoms with E-state index in [9.17, 15) is 4.79 Å². The number of thioether (sulfide) groups is 1. The lowest BCUT2D eigenvalue weighted by Crippen LogP contribution is -2.48. The van der Waals surface area contributed by atoms with E-state index in [1.165, 1.54) is 25.0 Å². The minimum Gasteiger partial charge on any atom is -0.481 e. The van der Waals surface area contributed by atoms with Crippen LogP contribution in [0.25, 0.3) is 0 Å². The van der Waals surface area contributed by atoms with Crippen LogP contribution < -0.4 is 0 Å². The predicted octanol–water partition coefficient (Wildman–Crippen LogP) is 2.07. The topological polar surface area (TPSA) is 40.5 Å². The summed E-state index contributed by atoms with van der Waals surface area (Å²) >= 11 is 1.90. The number of carboxylic acid groups (broad SMARTS) is 1. The maximum absolute atomic E-state index is 10.9. The van der Waals surface area contributed by atoms with Crippen molar-refractivity contribution in [1.29, 1.82) is 0 Å². The quantitative estimate of drug-likeness (QED) is 0.824. The molecule has 2 rings (SSSR count). The van der Waals surface area contributed by atoms with Crippen LogP contribution in [-0.2, 0) is 4.79 Å². The van der Waals surface area contributed by atoms with Crippen LogP contribution in [0.1, 0.15) is 32.6 Å². The molecule has 2 fully saturated rings. The van der Waals surface area contributed by atoms with Crippen LogP contribution in [0.5, 0.6) is 0 Å². The molecule has 16 heavy (non-hydrogen) atoms. The largest absolute Gasteiger partial charge is 0.481 e. The molecule has 1 saturated heterocycles. The molecule has 0 aromatic rings. The zero-order chi connectivity index (χ0) is 11.5. The van der Waals surface area contributed by atoms with Gasteiger partial charge in [-0.25, -0.2) is 0 Å². The van der Waals surface area contributed by atoms with Crippen molar-refractivity contribution < 1.29 is 9.90 Å². The molecule has 1 heterocycles. The molecule has 0 amide bonds. The Morgan fingerprint density at radius 3 is 2.94 bits per heavy atom. The molecule has 1 aliphatic heterocycles. The van der Waals surface area contributed by atoms with Crippen LogP contribution in [-0.4, -0.2) is 46.1 Å². The van der Waals surface area contributed by atoms with E-state index in [2.05, 4.69) is 11.8 Å². The number of hydrogen-bond donors (Lipinski definition) is 1. The van der Waals surface area contributed by atoms with Gasteiger partial charge in [-0.2, -0.15) is 11.8 Å². The molecular formula is C12H21NO2S. The van der Waals surface area contributed by atoms with Gasteiger partial charge in [0.15, 0.2) is 0 Å². The molecule has 1 saturated carbocycles. The Labute approximate surface area is 102 Å². The lowest BCUT2D eigenvalue weighted by molar-refractivity contribution is -0.138. The Kier molecular flexibility index (Phi) is 4.14. The van der Waals surface area contributed by atoms with Crippen LogP contribution in [0.3, 0.4) is 0 Å². The minimum atomic E-state index is -0.649. The van der Waals surface area contributed by atoms with Crippen molar-refractivity contribution in [2.75, 3.05) is 18.1 Å². The Bertz CT molecular complexity index is 259. The van der Waals surface area contributed by atoms with Crippen molar-refractivity contribution in [3.63, 3.8) is 0 Å². The molecule has 0 bridgehead atoms. The van der Waals surface area contributed by atoms with Gasteiger partial charge in [0.1, 0.15) is 0 Å². The fourth-order valence-electron chi connectivity index (χ4n) is 3.00. The third-order valence-corrected chi connectivity index (χ3v) is 4.91. The standard InChI is InChI=1S/C12H21NO2S/c1-9-2-3-10(6-9)13-4-5-16-8-11(13)7-12(14)15/h9-11H,2-8H2,1H3,(H,14,15). The zero-order valence-electron chi connectivity index (χ0n) is 9.89. The third kappa shape index (κ3) is 2.92. The number of aliphatic carboxylic acids is 1. The first kappa shape index (κ1) is 12.2. The van der Waals surface area contributed by atoms with Crippen molar-refractivity contribution >= 4 is 17.7 Å². The number of carbonyl (C=O) groups is 1. The smallest absolute Gasteiger partial charge is 0.304 e. The number of rotatable bonds is 3. The van der Waals surface area contributed by atoms with Gasteiger partial charge in [-0.05, 0) is 25.2 Å². The van der Waals surface area contributed by atoms with E-state index in [0.29, 0.717) is 12.5 Å². The van der Waals surface area contributed by atoms with E-state index in [0.717, 1.165) is 18.2 Å². The molecule has 3 nitrogen and oxygen atoms in total. The Morgan fingerprint density at radius 1 is 1.50 bits per heavy atom. The van der Waals surface area contributed by atoms with Gasteiger partial charge in [0.2, 0.25) is 0 Å². The zero-order valence-corrected chi connectivity index (χ0v) is 10.7. The summed E-state index contributed by atoms with van der Waals surface area (Å²) in [5.41, 5.74) is 0. The molecule has 0 aromatic carbocycles. The highest BCUT2D eigenvalue weighted by Gasteiger charge is 2.33. The maximum Gasteiger partial charge on any atom is 0.304 e. The summed E-state index contributed by atoms with van der Waals surface area (Å²) < 4.78 is 0. The number of nitrogens with zero attached hydrogens (tertiary/aromatic N) is 1. The van der Waals surface area contributed by atoms with Crippen LogP contribution in [0.4, 0.5) is 0 Å². The monoisotopic (exact) mass is 243 g/mol. The van der Waals surface area contributed by atoms with E-state index in [-0.39, 0.29) is 6.04 Å². The summed E-state index contributed by atoms with van der Waals surface area (Å²) in [5, 5.41) is 8.94. The molecule has 3 unspecified atom stereocenters. The summed E-state index contributed by atoms with van der Waals surface area (Å²) in [6.07, 6.45) is 4.16. The molecule has 0 spiro atoms.